The molecule has 1 N–H and O–H groups in total. The van der Waals surface area contributed by atoms with Crippen molar-refractivity contribution in [2.45, 2.75) is 83.7 Å². The molecular weight excluding hydrogens is 313 g/mol. The van der Waals surface area contributed by atoms with Crippen molar-refractivity contribution in [1.29, 1.82) is 0 Å². The molecule has 0 heterocycles. The molecule has 0 aliphatic rings. The van der Waals surface area contributed by atoms with Crippen molar-refractivity contribution < 1.29 is 23.4 Å². The molecule has 5 nitrogen and oxygen atoms in total. The molecule has 2 atom stereocenters. The van der Waals surface area contributed by atoms with Gasteiger partial charge < -0.3 is 18.8 Å². The first kappa shape index (κ1) is 23.1. The summed E-state index contributed by atoms with van der Waals surface area (Å²) in [5.41, 5.74) is 0. The molecule has 0 saturated carbocycles. The van der Waals surface area contributed by atoms with E-state index in [1.165, 1.54) is 51.4 Å². The van der Waals surface area contributed by atoms with Gasteiger partial charge in [0.15, 0.2) is 0 Å². The van der Waals surface area contributed by atoms with Crippen LogP contribution >= 0.6 is 7.82 Å². The van der Waals surface area contributed by atoms with Crippen LogP contribution in [0.4, 0.5) is 0 Å². The Hall–Kier alpha value is 0.0700. The van der Waals surface area contributed by atoms with Crippen LogP contribution < -0.4 is 4.89 Å². The highest BCUT2D eigenvalue weighted by molar-refractivity contribution is 7.44. The molecule has 0 aromatic heterocycles. The molecule has 0 aromatic rings. The van der Waals surface area contributed by atoms with Crippen molar-refractivity contribution in [2.24, 2.45) is 0 Å². The largest absolute Gasteiger partial charge is 0.756 e. The molecule has 0 bridgehead atoms. The van der Waals surface area contributed by atoms with Crippen molar-refractivity contribution in [1.82, 2.24) is 0 Å². The summed E-state index contributed by atoms with van der Waals surface area (Å²) in [5, 5.41) is 0. The van der Waals surface area contributed by atoms with Crippen LogP contribution in [0, 0.1) is 0 Å². The first-order valence-corrected chi connectivity index (χ1v) is 10.7. The first-order chi connectivity index (χ1) is 10.6. The van der Waals surface area contributed by atoms with Gasteiger partial charge in [0.1, 0.15) is 12.6 Å². The Balaban J connectivity index is 3.76. The minimum absolute atomic E-state index is 0.433. The van der Waals surface area contributed by atoms with Gasteiger partial charge in [0.2, 0.25) is 0 Å². The molecule has 0 aromatic carbocycles. The van der Waals surface area contributed by atoms with E-state index in [4.69, 9.17) is 9.42 Å². The second-order valence-corrected chi connectivity index (χ2v) is 8.79. The van der Waals surface area contributed by atoms with E-state index in [2.05, 4.69) is 6.92 Å². The fourth-order valence-electron chi connectivity index (χ4n) is 2.84. The number of phosphoric acid groups is 1. The molecule has 2 unspecified atom stereocenters. The second kappa shape index (κ2) is 12.4. The number of phosphoric ester groups is 1. The van der Waals surface area contributed by atoms with Crippen molar-refractivity contribution >= 4 is 7.82 Å². The summed E-state index contributed by atoms with van der Waals surface area (Å²) in [7, 11) is 1.32. The van der Waals surface area contributed by atoms with Crippen molar-refractivity contribution in [3.05, 3.63) is 0 Å². The van der Waals surface area contributed by atoms with Crippen LogP contribution in [0.25, 0.3) is 0 Å². The molecule has 0 fully saturated rings. The van der Waals surface area contributed by atoms with Gasteiger partial charge >= 0.3 is 0 Å². The molecule has 6 heteroatoms. The molecule has 0 amide bonds. The standard InChI is InChI=1S/C17H38NO4P/c1-5-6-7-8-9-10-11-12-13-14-15-17(16-18(2,3)4)22-23(19,20)21/h17H,5-16H2,1-4H3,(H-,19,20,21). The molecule has 0 aliphatic heterocycles. The lowest BCUT2D eigenvalue weighted by atomic mass is 10.0. The van der Waals surface area contributed by atoms with Crippen LogP contribution in [0.3, 0.4) is 0 Å². The Kier molecular flexibility index (Phi) is 12.5. The summed E-state index contributed by atoms with van der Waals surface area (Å²) >= 11 is 0. The zero-order chi connectivity index (χ0) is 17.8. The normalized spacial score (nSPS) is 16.3. The van der Waals surface area contributed by atoms with E-state index >= 15 is 0 Å². The maximum Gasteiger partial charge on any atom is 0.265 e. The summed E-state index contributed by atoms with van der Waals surface area (Å²) in [4.78, 5) is 19.9. The zero-order valence-corrected chi connectivity index (χ0v) is 16.5. The topological polar surface area (TPSA) is 69.6 Å². The van der Waals surface area contributed by atoms with Crippen molar-refractivity contribution in [3.8, 4) is 0 Å². The van der Waals surface area contributed by atoms with E-state index in [0.29, 0.717) is 17.4 Å². The highest BCUT2D eigenvalue weighted by Crippen LogP contribution is 2.34. The van der Waals surface area contributed by atoms with Crippen LogP contribution in [0.2, 0.25) is 0 Å². The number of hydrogen-bond donors (Lipinski definition) is 1. The van der Waals surface area contributed by atoms with Gasteiger partial charge in [0.25, 0.3) is 7.82 Å². The van der Waals surface area contributed by atoms with Gasteiger partial charge in [-0.3, -0.25) is 4.57 Å². The monoisotopic (exact) mass is 351 g/mol. The highest BCUT2D eigenvalue weighted by atomic mass is 31.2. The predicted molar refractivity (Wildman–Crippen MR) is 94.1 cm³/mol. The Morgan fingerprint density at radius 2 is 1.39 bits per heavy atom. The Morgan fingerprint density at radius 1 is 0.957 bits per heavy atom. The van der Waals surface area contributed by atoms with Crippen LogP contribution in [0.1, 0.15) is 77.6 Å². The fourth-order valence-corrected chi connectivity index (χ4v) is 3.38. The average molecular weight is 351 g/mol. The first-order valence-electron chi connectivity index (χ1n) is 9.16. The van der Waals surface area contributed by atoms with Crippen molar-refractivity contribution in [2.75, 3.05) is 27.7 Å². The quantitative estimate of drug-likeness (QED) is 0.276. The summed E-state index contributed by atoms with van der Waals surface area (Å²) in [6.07, 6.45) is 12.7. The molecule has 0 aliphatic carbocycles. The lowest BCUT2D eigenvalue weighted by Gasteiger charge is -2.31. The third kappa shape index (κ3) is 18.3. The number of rotatable bonds is 15. The van der Waals surface area contributed by atoms with E-state index < -0.39 is 13.9 Å². The number of unbranched alkanes of at least 4 members (excludes halogenated alkanes) is 9. The van der Waals surface area contributed by atoms with Crippen LogP contribution in [-0.2, 0) is 9.09 Å². The molecular formula is C17H38NO4P. The van der Waals surface area contributed by atoms with E-state index in [1.807, 2.05) is 21.1 Å². The third-order valence-electron chi connectivity index (χ3n) is 3.91. The summed E-state index contributed by atoms with van der Waals surface area (Å²) < 4.78 is 16.4. The lowest BCUT2D eigenvalue weighted by Crippen LogP contribution is -2.42. The van der Waals surface area contributed by atoms with E-state index in [9.17, 15) is 9.46 Å². The SMILES string of the molecule is CCCCCCCCCCCCC(C[N+](C)(C)C)OP(=O)([O-])O. The number of quaternary nitrogens is 1. The Bertz CT molecular complexity index is 325. The molecule has 0 rings (SSSR count). The molecule has 23 heavy (non-hydrogen) atoms. The van der Waals surface area contributed by atoms with Gasteiger partial charge in [0.05, 0.1) is 21.1 Å². The van der Waals surface area contributed by atoms with Crippen LogP contribution in [-0.4, -0.2) is 43.2 Å². The summed E-state index contributed by atoms with van der Waals surface area (Å²) in [5.74, 6) is 0. The van der Waals surface area contributed by atoms with Gasteiger partial charge in [0, 0.05) is 0 Å². The maximum atomic E-state index is 11.0. The maximum absolute atomic E-state index is 11.0. The molecule has 140 valence electrons. The average Bonchev–Trinajstić information content (AvgIpc) is 2.37. The molecule has 0 spiro atoms. The smallest absolute Gasteiger partial charge is 0.265 e. The number of nitrogens with zero attached hydrogens (tertiary/aromatic N) is 1. The zero-order valence-electron chi connectivity index (χ0n) is 15.6. The van der Waals surface area contributed by atoms with Gasteiger partial charge in [-0.25, -0.2) is 0 Å². The van der Waals surface area contributed by atoms with Gasteiger partial charge in [-0.1, -0.05) is 71.1 Å². The second-order valence-electron chi connectivity index (χ2n) is 7.64. The highest BCUT2D eigenvalue weighted by Gasteiger charge is 2.22. The minimum atomic E-state index is -4.65. The van der Waals surface area contributed by atoms with Gasteiger partial charge in [-0.2, -0.15) is 0 Å². The Morgan fingerprint density at radius 3 is 1.78 bits per heavy atom. The number of likely N-dealkylation sites (N-methyl/N-ethyl adjacent to an activating group) is 1. The van der Waals surface area contributed by atoms with Crippen molar-refractivity contribution in [3.63, 3.8) is 0 Å². The lowest BCUT2D eigenvalue weighted by molar-refractivity contribution is -0.873. The fraction of sp³-hybridized carbons (Fsp3) is 1.00. The van der Waals surface area contributed by atoms with Crippen LogP contribution in [0.5, 0.6) is 0 Å². The van der Waals surface area contributed by atoms with Crippen LogP contribution in [0.15, 0.2) is 0 Å². The van der Waals surface area contributed by atoms with E-state index in [0.717, 1.165) is 12.8 Å². The van der Waals surface area contributed by atoms with E-state index in [1.54, 1.807) is 0 Å². The third-order valence-corrected chi connectivity index (χ3v) is 4.48. The predicted octanol–water partition coefficient (Wildman–Crippen LogP) is 3.85. The molecule has 0 saturated heterocycles. The summed E-state index contributed by atoms with van der Waals surface area (Å²) in [6.45, 7) is 2.81. The van der Waals surface area contributed by atoms with E-state index in [-0.39, 0.29) is 0 Å². The molecule has 0 radical (unpaired) electrons. The number of hydrogen-bond acceptors (Lipinski definition) is 3. The van der Waals surface area contributed by atoms with Gasteiger partial charge in [-0.15, -0.1) is 0 Å². The van der Waals surface area contributed by atoms with Gasteiger partial charge in [-0.05, 0) is 6.42 Å². The summed E-state index contributed by atoms with van der Waals surface area (Å²) in [6, 6.07) is 0. The Labute approximate surface area is 143 Å². The minimum Gasteiger partial charge on any atom is -0.756 e.